The summed E-state index contributed by atoms with van der Waals surface area (Å²) in [6.45, 7) is 7.21. The highest BCUT2D eigenvalue weighted by molar-refractivity contribution is 7.89. The van der Waals surface area contributed by atoms with Gasteiger partial charge in [0.2, 0.25) is 10.0 Å². The van der Waals surface area contributed by atoms with Crippen molar-refractivity contribution < 1.29 is 36.2 Å². The van der Waals surface area contributed by atoms with Crippen molar-refractivity contribution >= 4 is 21.6 Å². The summed E-state index contributed by atoms with van der Waals surface area (Å²) in [5, 5.41) is 10.6. The van der Waals surface area contributed by atoms with Crippen LogP contribution in [0, 0.1) is 0 Å². The van der Waals surface area contributed by atoms with Crippen LogP contribution >= 0.6 is 0 Å². The Kier molecular flexibility index (Phi) is 8.23. The number of hydrogen-bond acceptors (Lipinski definition) is 5. The lowest BCUT2D eigenvalue weighted by Crippen LogP contribution is -2.44. The quantitative estimate of drug-likeness (QED) is 0.519. The van der Waals surface area contributed by atoms with Crippen LogP contribution < -0.4 is 10.0 Å². The highest BCUT2D eigenvalue weighted by Crippen LogP contribution is 2.22. The van der Waals surface area contributed by atoms with Gasteiger partial charge in [-0.2, -0.15) is 13.2 Å². The van der Waals surface area contributed by atoms with Crippen molar-refractivity contribution in [1.29, 1.82) is 0 Å². The van der Waals surface area contributed by atoms with E-state index in [4.69, 9.17) is 9.84 Å². The smallest absolute Gasteiger partial charge is 0.396 e. The molecule has 0 atom stereocenters. The first-order valence-corrected chi connectivity index (χ1v) is 10.3. The molecule has 0 aliphatic carbocycles. The van der Waals surface area contributed by atoms with Crippen LogP contribution in [0.5, 0.6) is 0 Å². The minimum absolute atomic E-state index is 0.0254. The van der Waals surface area contributed by atoms with Gasteiger partial charge in [-0.15, -0.1) is 0 Å². The summed E-state index contributed by atoms with van der Waals surface area (Å²) in [7, 11) is -3.95. The second kappa shape index (κ2) is 9.41. The maximum Gasteiger partial charge on any atom is 0.471 e. The minimum Gasteiger partial charge on any atom is -0.396 e. The Morgan fingerprint density at radius 1 is 1.07 bits per heavy atom. The lowest BCUT2D eigenvalue weighted by molar-refractivity contribution is -0.167. The molecule has 1 aromatic carbocycles. The highest BCUT2D eigenvalue weighted by Gasteiger charge is 2.38. The lowest BCUT2D eigenvalue weighted by atomic mass is 10.0. The summed E-state index contributed by atoms with van der Waals surface area (Å²) < 4.78 is 70.1. The van der Waals surface area contributed by atoms with E-state index in [1.165, 1.54) is 0 Å². The number of ether oxygens (including phenoxy) is 1. The Morgan fingerprint density at radius 2 is 1.62 bits per heavy atom. The van der Waals surface area contributed by atoms with E-state index in [-0.39, 0.29) is 23.8 Å². The number of benzene rings is 1. The van der Waals surface area contributed by atoms with Gasteiger partial charge < -0.3 is 15.2 Å². The van der Waals surface area contributed by atoms with Gasteiger partial charge in [0.05, 0.1) is 10.5 Å². The van der Waals surface area contributed by atoms with Crippen LogP contribution in [-0.2, 0) is 19.6 Å². The van der Waals surface area contributed by atoms with Gasteiger partial charge in [-0.25, -0.2) is 13.1 Å². The van der Waals surface area contributed by atoms with Gasteiger partial charge in [-0.3, -0.25) is 4.79 Å². The number of amides is 1. The Hall–Kier alpha value is -1.69. The number of halogens is 3. The molecule has 166 valence electrons. The summed E-state index contributed by atoms with van der Waals surface area (Å²) in [4.78, 5) is 10.8. The van der Waals surface area contributed by atoms with Gasteiger partial charge in [0.25, 0.3) is 0 Å². The van der Waals surface area contributed by atoms with E-state index in [1.54, 1.807) is 19.2 Å². The number of aliphatic hydroxyl groups excluding tert-OH is 1. The Bertz CT molecular complexity index is 791. The van der Waals surface area contributed by atoms with Crippen molar-refractivity contribution in [2.75, 3.05) is 18.5 Å². The fourth-order valence-corrected chi connectivity index (χ4v) is 3.76. The SMILES string of the molecule is CC(C)(CCOC(C)(C)CCO)NS(=O)(=O)c1ccc(NC(=O)C(F)(F)F)cc1. The number of carbonyl (C=O) groups is 1. The number of rotatable bonds is 10. The van der Waals surface area contributed by atoms with E-state index in [0.29, 0.717) is 12.8 Å². The zero-order chi connectivity index (χ0) is 22.5. The maximum absolute atomic E-state index is 12.6. The van der Waals surface area contributed by atoms with E-state index in [9.17, 15) is 26.4 Å². The van der Waals surface area contributed by atoms with Crippen LogP contribution in [0.4, 0.5) is 18.9 Å². The third-order valence-corrected chi connectivity index (χ3v) is 5.74. The van der Waals surface area contributed by atoms with Gasteiger partial charge in [0, 0.05) is 24.4 Å². The first kappa shape index (κ1) is 25.3. The predicted molar refractivity (Wildman–Crippen MR) is 102 cm³/mol. The van der Waals surface area contributed by atoms with E-state index >= 15 is 0 Å². The standard InChI is InChI=1S/C18H27F3N2O5S/c1-16(2,10-12-28-17(3,4)9-11-24)23-29(26,27)14-7-5-13(6-8-14)22-15(25)18(19,20)21/h5-8,23-24H,9-12H2,1-4H3,(H,22,25). The molecule has 0 bridgehead atoms. The third-order valence-electron chi connectivity index (χ3n) is 4.02. The second-order valence-electron chi connectivity index (χ2n) is 7.80. The monoisotopic (exact) mass is 440 g/mol. The van der Waals surface area contributed by atoms with Crippen LogP contribution in [0.25, 0.3) is 0 Å². The van der Waals surface area contributed by atoms with Crippen molar-refractivity contribution in [1.82, 2.24) is 4.72 Å². The summed E-state index contributed by atoms with van der Waals surface area (Å²) in [6.07, 6.45) is -4.25. The minimum atomic E-state index is -5.04. The zero-order valence-electron chi connectivity index (χ0n) is 16.8. The van der Waals surface area contributed by atoms with E-state index < -0.39 is 33.2 Å². The third kappa shape index (κ3) is 8.69. The largest absolute Gasteiger partial charge is 0.471 e. The number of aliphatic hydroxyl groups is 1. The molecule has 0 saturated heterocycles. The molecular formula is C18H27F3N2O5S. The van der Waals surface area contributed by atoms with Crippen LogP contribution in [-0.4, -0.2) is 50.0 Å². The van der Waals surface area contributed by atoms with Gasteiger partial charge in [0.1, 0.15) is 0 Å². The van der Waals surface area contributed by atoms with Crippen molar-refractivity contribution in [3.05, 3.63) is 24.3 Å². The first-order valence-electron chi connectivity index (χ1n) is 8.85. The molecular weight excluding hydrogens is 413 g/mol. The first-order chi connectivity index (χ1) is 13.1. The van der Waals surface area contributed by atoms with Crippen molar-refractivity contribution in [3.8, 4) is 0 Å². The molecule has 0 saturated carbocycles. The number of sulfonamides is 1. The summed E-state index contributed by atoms with van der Waals surface area (Å²) in [6, 6.07) is 4.36. The molecule has 7 nitrogen and oxygen atoms in total. The Labute approximate surface area is 168 Å². The summed E-state index contributed by atoms with van der Waals surface area (Å²) in [5.74, 6) is -2.14. The molecule has 0 heterocycles. The number of alkyl halides is 3. The van der Waals surface area contributed by atoms with Crippen LogP contribution in [0.3, 0.4) is 0 Å². The van der Waals surface area contributed by atoms with Crippen molar-refractivity contribution in [2.45, 2.75) is 62.7 Å². The average molecular weight is 440 g/mol. The molecule has 1 amide bonds. The molecule has 0 spiro atoms. The topological polar surface area (TPSA) is 105 Å². The predicted octanol–water partition coefficient (Wildman–Crippen LogP) is 2.81. The summed E-state index contributed by atoms with van der Waals surface area (Å²) in [5.41, 5.74) is -1.58. The Morgan fingerprint density at radius 3 is 2.10 bits per heavy atom. The molecule has 0 fully saturated rings. The molecule has 11 heteroatoms. The van der Waals surface area contributed by atoms with Crippen molar-refractivity contribution in [2.24, 2.45) is 0 Å². The van der Waals surface area contributed by atoms with Gasteiger partial charge in [-0.05, 0) is 64.8 Å². The number of anilines is 1. The fourth-order valence-electron chi connectivity index (χ4n) is 2.32. The average Bonchev–Trinajstić information content (AvgIpc) is 2.52. The van der Waals surface area contributed by atoms with Gasteiger partial charge in [0.15, 0.2) is 0 Å². The highest BCUT2D eigenvalue weighted by atomic mass is 32.2. The van der Waals surface area contributed by atoms with Crippen LogP contribution in [0.15, 0.2) is 29.2 Å². The summed E-state index contributed by atoms with van der Waals surface area (Å²) >= 11 is 0. The molecule has 3 N–H and O–H groups in total. The zero-order valence-corrected chi connectivity index (χ0v) is 17.6. The van der Waals surface area contributed by atoms with E-state index in [1.807, 2.05) is 13.8 Å². The molecule has 0 aromatic heterocycles. The molecule has 1 rings (SSSR count). The van der Waals surface area contributed by atoms with Crippen molar-refractivity contribution in [3.63, 3.8) is 0 Å². The van der Waals surface area contributed by atoms with E-state index in [2.05, 4.69) is 4.72 Å². The molecule has 0 unspecified atom stereocenters. The molecule has 29 heavy (non-hydrogen) atoms. The van der Waals surface area contributed by atoms with Crippen LogP contribution in [0.1, 0.15) is 40.5 Å². The molecule has 1 aromatic rings. The Balaban J connectivity index is 2.74. The van der Waals surface area contributed by atoms with Gasteiger partial charge >= 0.3 is 12.1 Å². The number of nitrogens with one attached hydrogen (secondary N) is 2. The van der Waals surface area contributed by atoms with E-state index in [0.717, 1.165) is 24.3 Å². The molecule has 0 aliphatic heterocycles. The number of hydrogen-bond donors (Lipinski definition) is 3. The normalized spacial score (nSPS) is 13.4. The molecule has 0 aliphatic rings. The maximum atomic E-state index is 12.6. The van der Waals surface area contributed by atoms with Gasteiger partial charge in [-0.1, -0.05) is 0 Å². The number of carbonyl (C=O) groups excluding carboxylic acids is 1. The lowest BCUT2D eigenvalue weighted by Gasteiger charge is -2.29. The van der Waals surface area contributed by atoms with Crippen LogP contribution in [0.2, 0.25) is 0 Å². The fraction of sp³-hybridized carbons (Fsp3) is 0.611. The molecule has 0 radical (unpaired) electrons. The second-order valence-corrected chi connectivity index (χ2v) is 9.48.